The molecule has 1 N–H and O–H groups in total. The molecule has 0 aromatic carbocycles. The van der Waals surface area contributed by atoms with Crippen LogP contribution in [0.1, 0.15) is 0 Å². The van der Waals surface area contributed by atoms with Gasteiger partial charge >= 0.3 is 6.16 Å². The van der Waals surface area contributed by atoms with Crippen molar-refractivity contribution in [2.24, 2.45) is 0 Å². The van der Waals surface area contributed by atoms with Crippen molar-refractivity contribution >= 4 is 12.4 Å². The standard InChI is InChI=1S/C13H20O9/c14-1-10-6-20-11(7-19-10)4-17-2-9(15)3-18-5-12-8-21-13(16)22-12/h1,9-12,15H,2-8H2. The van der Waals surface area contributed by atoms with Gasteiger partial charge in [0, 0.05) is 0 Å². The number of carbonyl (C=O) groups excluding carboxylic acids is 2. The Morgan fingerprint density at radius 2 is 1.86 bits per heavy atom. The average molecular weight is 320 g/mol. The second-order valence-corrected chi connectivity index (χ2v) is 4.99. The molecule has 0 radical (unpaired) electrons. The van der Waals surface area contributed by atoms with Gasteiger partial charge in [0.1, 0.15) is 24.9 Å². The van der Waals surface area contributed by atoms with E-state index in [0.29, 0.717) is 6.29 Å². The van der Waals surface area contributed by atoms with Gasteiger partial charge < -0.3 is 38.3 Å². The van der Waals surface area contributed by atoms with Crippen molar-refractivity contribution in [2.45, 2.75) is 24.4 Å². The highest BCUT2D eigenvalue weighted by atomic mass is 16.8. The topological polar surface area (TPSA) is 110 Å². The zero-order valence-corrected chi connectivity index (χ0v) is 12.0. The van der Waals surface area contributed by atoms with E-state index >= 15 is 0 Å². The van der Waals surface area contributed by atoms with Gasteiger partial charge in [0.15, 0.2) is 12.4 Å². The van der Waals surface area contributed by atoms with E-state index in [9.17, 15) is 14.7 Å². The second-order valence-electron chi connectivity index (χ2n) is 4.99. The number of cyclic esters (lactones) is 2. The first kappa shape index (κ1) is 17.1. The Balaban J connectivity index is 1.46. The van der Waals surface area contributed by atoms with Crippen LogP contribution in [0.25, 0.3) is 0 Å². The zero-order valence-electron chi connectivity index (χ0n) is 12.0. The molecule has 0 aromatic rings. The highest BCUT2D eigenvalue weighted by Crippen LogP contribution is 2.07. The molecule has 22 heavy (non-hydrogen) atoms. The molecule has 2 saturated heterocycles. The van der Waals surface area contributed by atoms with E-state index in [1.165, 1.54) is 0 Å². The highest BCUT2D eigenvalue weighted by Gasteiger charge is 2.25. The summed E-state index contributed by atoms with van der Waals surface area (Å²) < 4.78 is 30.5. The number of carbonyl (C=O) groups is 2. The lowest BCUT2D eigenvalue weighted by molar-refractivity contribution is -0.161. The lowest BCUT2D eigenvalue weighted by Crippen LogP contribution is -2.39. The predicted molar refractivity (Wildman–Crippen MR) is 69.4 cm³/mol. The largest absolute Gasteiger partial charge is 0.508 e. The number of aliphatic hydroxyl groups excluding tert-OH is 1. The maximum atomic E-state index is 10.7. The first-order chi connectivity index (χ1) is 10.7. The summed E-state index contributed by atoms with van der Waals surface area (Å²) in [6.07, 6.45) is -2.00. The van der Waals surface area contributed by atoms with Crippen molar-refractivity contribution in [3.63, 3.8) is 0 Å². The molecular weight excluding hydrogens is 300 g/mol. The van der Waals surface area contributed by atoms with Gasteiger partial charge in [-0.1, -0.05) is 0 Å². The quantitative estimate of drug-likeness (QED) is 0.418. The maximum absolute atomic E-state index is 10.7. The van der Waals surface area contributed by atoms with Gasteiger partial charge in [0.05, 0.1) is 39.6 Å². The molecule has 0 aromatic heterocycles. The Morgan fingerprint density at radius 1 is 1.14 bits per heavy atom. The Morgan fingerprint density at radius 3 is 2.41 bits per heavy atom. The van der Waals surface area contributed by atoms with E-state index in [-0.39, 0.29) is 52.4 Å². The van der Waals surface area contributed by atoms with Crippen LogP contribution in [-0.4, -0.2) is 88.2 Å². The monoisotopic (exact) mass is 320 g/mol. The van der Waals surface area contributed by atoms with Crippen molar-refractivity contribution < 1.29 is 43.1 Å². The molecule has 2 rings (SSSR count). The number of hydrogen-bond acceptors (Lipinski definition) is 9. The Bertz CT molecular complexity index is 353. The summed E-state index contributed by atoms with van der Waals surface area (Å²) in [6.45, 7) is 1.22. The lowest BCUT2D eigenvalue weighted by atomic mass is 10.3. The van der Waals surface area contributed by atoms with Gasteiger partial charge in [0.2, 0.25) is 0 Å². The van der Waals surface area contributed by atoms with Gasteiger partial charge in [-0.3, -0.25) is 0 Å². The van der Waals surface area contributed by atoms with Crippen LogP contribution in [0.2, 0.25) is 0 Å². The van der Waals surface area contributed by atoms with E-state index in [1.54, 1.807) is 0 Å². The lowest BCUT2D eigenvalue weighted by Gasteiger charge is -2.26. The molecule has 9 nitrogen and oxygen atoms in total. The molecule has 0 saturated carbocycles. The van der Waals surface area contributed by atoms with E-state index < -0.39 is 24.5 Å². The first-order valence-corrected chi connectivity index (χ1v) is 7.03. The average Bonchev–Trinajstić information content (AvgIpc) is 2.93. The van der Waals surface area contributed by atoms with Crippen molar-refractivity contribution in [2.75, 3.05) is 46.2 Å². The minimum Gasteiger partial charge on any atom is -0.430 e. The summed E-state index contributed by atoms with van der Waals surface area (Å²) in [4.78, 5) is 21.1. The Hall–Kier alpha value is -1.26. The molecule has 0 amide bonds. The molecule has 0 spiro atoms. The molecule has 2 aliphatic heterocycles. The number of ether oxygens (including phenoxy) is 6. The molecule has 4 atom stereocenters. The minimum atomic E-state index is -0.801. The zero-order chi connectivity index (χ0) is 15.8. The van der Waals surface area contributed by atoms with Gasteiger partial charge in [0.25, 0.3) is 0 Å². The van der Waals surface area contributed by atoms with E-state index in [2.05, 4.69) is 4.74 Å². The van der Waals surface area contributed by atoms with Crippen molar-refractivity contribution in [1.82, 2.24) is 0 Å². The van der Waals surface area contributed by atoms with Gasteiger partial charge in [-0.15, -0.1) is 0 Å². The molecule has 0 aliphatic carbocycles. The summed E-state index contributed by atoms with van der Waals surface area (Å²) in [5, 5.41) is 9.68. The molecule has 2 aliphatic rings. The van der Waals surface area contributed by atoms with Crippen LogP contribution < -0.4 is 0 Å². The van der Waals surface area contributed by atoms with E-state index in [1.807, 2.05) is 0 Å². The number of aldehydes is 1. The van der Waals surface area contributed by atoms with Crippen LogP contribution in [-0.2, 0) is 33.2 Å². The van der Waals surface area contributed by atoms with Crippen molar-refractivity contribution in [3.8, 4) is 0 Å². The summed E-state index contributed by atoms with van der Waals surface area (Å²) in [5.74, 6) is 0. The van der Waals surface area contributed by atoms with Gasteiger partial charge in [-0.25, -0.2) is 4.79 Å². The second kappa shape index (κ2) is 9.01. The molecular formula is C13H20O9. The van der Waals surface area contributed by atoms with Gasteiger partial charge in [-0.05, 0) is 0 Å². The smallest absolute Gasteiger partial charge is 0.430 e. The van der Waals surface area contributed by atoms with Crippen LogP contribution in [0.15, 0.2) is 0 Å². The van der Waals surface area contributed by atoms with Crippen LogP contribution in [0, 0.1) is 0 Å². The molecule has 2 heterocycles. The summed E-state index contributed by atoms with van der Waals surface area (Å²) in [6, 6.07) is 0. The molecule has 126 valence electrons. The third-order valence-electron chi connectivity index (χ3n) is 3.02. The van der Waals surface area contributed by atoms with Crippen LogP contribution in [0.5, 0.6) is 0 Å². The SMILES string of the molecule is O=CC1COC(COCC(O)COCC2COC(=O)O2)CO1. The minimum absolute atomic E-state index is 0.0588. The van der Waals surface area contributed by atoms with E-state index in [0.717, 1.165) is 0 Å². The van der Waals surface area contributed by atoms with Crippen LogP contribution >= 0.6 is 0 Å². The summed E-state index contributed by atoms with van der Waals surface area (Å²) >= 11 is 0. The molecule has 4 unspecified atom stereocenters. The van der Waals surface area contributed by atoms with E-state index in [4.69, 9.17) is 23.7 Å². The third-order valence-corrected chi connectivity index (χ3v) is 3.02. The number of hydrogen-bond donors (Lipinski definition) is 1. The fourth-order valence-electron chi connectivity index (χ4n) is 1.90. The predicted octanol–water partition coefficient (Wildman–Crippen LogP) is -1.10. The fourth-order valence-corrected chi connectivity index (χ4v) is 1.90. The molecule has 9 heteroatoms. The molecule has 2 fully saturated rings. The van der Waals surface area contributed by atoms with Gasteiger partial charge in [-0.2, -0.15) is 0 Å². The van der Waals surface area contributed by atoms with Crippen molar-refractivity contribution in [3.05, 3.63) is 0 Å². The normalized spacial score (nSPS) is 29.7. The fraction of sp³-hybridized carbons (Fsp3) is 0.846. The van der Waals surface area contributed by atoms with Crippen LogP contribution in [0.3, 0.4) is 0 Å². The highest BCUT2D eigenvalue weighted by molar-refractivity contribution is 5.61. The Kier molecular flexibility index (Phi) is 7.00. The number of rotatable bonds is 9. The Labute approximate surface area is 127 Å². The maximum Gasteiger partial charge on any atom is 0.508 e. The third kappa shape index (κ3) is 5.85. The first-order valence-electron chi connectivity index (χ1n) is 7.03. The van der Waals surface area contributed by atoms with Crippen LogP contribution in [0.4, 0.5) is 4.79 Å². The number of aliphatic hydroxyl groups is 1. The molecule has 0 bridgehead atoms. The van der Waals surface area contributed by atoms with Crippen molar-refractivity contribution in [1.29, 1.82) is 0 Å². The summed E-state index contributed by atoms with van der Waals surface area (Å²) in [7, 11) is 0. The summed E-state index contributed by atoms with van der Waals surface area (Å²) in [5.41, 5.74) is 0.